The first kappa shape index (κ1) is 23.1. The van der Waals surface area contributed by atoms with E-state index in [2.05, 4.69) is 12.2 Å². The molecule has 0 bridgehead atoms. The van der Waals surface area contributed by atoms with Gasteiger partial charge in [-0.3, -0.25) is 14.4 Å². The van der Waals surface area contributed by atoms with Crippen LogP contribution in [0, 0.1) is 6.92 Å². The van der Waals surface area contributed by atoms with E-state index in [0.717, 1.165) is 43.0 Å². The van der Waals surface area contributed by atoms with Crippen molar-refractivity contribution in [3.05, 3.63) is 64.7 Å². The SMILES string of the molecule is CCCc1ccc(C(=O)CCC(=O)Nc2ccc(C(=O)N3CCSCC3)cc2C)cc1. The van der Waals surface area contributed by atoms with Gasteiger partial charge in [-0.05, 0) is 42.7 Å². The van der Waals surface area contributed by atoms with Gasteiger partial charge in [-0.1, -0.05) is 37.6 Å². The van der Waals surface area contributed by atoms with Gasteiger partial charge in [0.05, 0.1) is 0 Å². The molecule has 3 rings (SSSR count). The summed E-state index contributed by atoms with van der Waals surface area (Å²) >= 11 is 1.87. The van der Waals surface area contributed by atoms with Gasteiger partial charge < -0.3 is 10.2 Å². The predicted octanol–water partition coefficient (Wildman–Crippen LogP) is 4.74. The molecule has 0 aromatic heterocycles. The molecule has 1 heterocycles. The van der Waals surface area contributed by atoms with Gasteiger partial charge in [0.15, 0.2) is 5.78 Å². The molecule has 0 spiro atoms. The van der Waals surface area contributed by atoms with Crippen LogP contribution < -0.4 is 5.32 Å². The summed E-state index contributed by atoms with van der Waals surface area (Å²) in [6, 6.07) is 13.0. The van der Waals surface area contributed by atoms with Gasteiger partial charge in [0.1, 0.15) is 0 Å². The lowest BCUT2D eigenvalue weighted by Crippen LogP contribution is -2.37. The lowest BCUT2D eigenvalue weighted by molar-refractivity contribution is -0.116. The third-order valence-corrected chi connectivity index (χ3v) is 6.38. The summed E-state index contributed by atoms with van der Waals surface area (Å²) in [5.74, 6) is 1.75. The fourth-order valence-corrected chi connectivity index (χ4v) is 4.52. The summed E-state index contributed by atoms with van der Waals surface area (Å²) in [5, 5.41) is 2.87. The van der Waals surface area contributed by atoms with Crippen LogP contribution in [0.25, 0.3) is 0 Å². The number of Topliss-reactive ketones (excluding diaryl/α,β-unsaturated/α-hetero) is 1. The van der Waals surface area contributed by atoms with E-state index in [4.69, 9.17) is 0 Å². The predicted molar refractivity (Wildman–Crippen MR) is 127 cm³/mol. The van der Waals surface area contributed by atoms with Gasteiger partial charge in [-0.25, -0.2) is 0 Å². The standard InChI is InChI=1S/C25H30N2O3S/c1-3-4-19-5-7-20(8-6-19)23(28)11-12-24(29)26-22-10-9-21(17-18(22)2)25(30)27-13-15-31-16-14-27/h5-10,17H,3-4,11-16H2,1-2H3,(H,26,29). The second-order valence-corrected chi connectivity index (χ2v) is 9.08. The van der Waals surface area contributed by atoms with Gasteiger partial charge in [0.25, 0.3) is 5.91 Å². The van der Waals surface area contributed by atoms with Crippen molar-refractivity contribution in [2.75, 3.05) is 29.9 Å². The van der Waals surface area contributed by atoms with Crippen molar-refractivity contribution in [2.45, 2.75) is 39.5 Å². The maximum Gasteiger partial charge on any atom is 0.253 e. The van der Waals surface area contributed by atoms with Gasteiger partial charge in [0.2, 0.25) is 5.91 Å². The minimum atomic E-state index is -0.203. The highest BCUT2D eigenvalue weighted by Crippen LogP contribution is 2.20. The van der Waals surface area contributed by atoms with Crippen molar-refractivity contribution in [1.29, 1.82) is 0 Å². The third kappa shape index (κ3) is 6.44. The van der Waals surface area contributed by atoms with E-state index in [0.29, 0.717) is 16.8 Å². The number of nitrogens with zero attached hydrogens (tertiary/aromatic N) is 1. The Morgan fingerprint density at radius 3 is 2.29 bits per heavy atom. The summed E-state index contributed by atoms with van der Waals surface area (Å²) in [4.78, 5) is 39.3. The van der Waals surface area contributed by atoms with Gasteiger partial charge in [0, 0.05) is 54.3 Å². The molecule has 31 heavy (non-hydrogen) atoms. The highest BCUT2D eigenvalue weighted by molar-refractivity contribution is 7.99. The molecule has 1 fully saturated rings. The van der Waals surface area contributed by atoms with Crippen molar-refractivity contribution in [1.82, 2.24) is 4.90 Å². The van der Waals surface area contributed by atoms with E-state index in [9.17, 15) is 14.4 Å². The molecule has 0 radical (unpaired) electrons. The number of thioether (sulfide) groups is 1. The lowest BCUT2D eigenvalue weighted by atomic mass is 10.0. The molecule has 2 aromatic rings. The number of carbonyl (C=O) groups is 3. The average molecular weight is 439 g/mol. The topological polar surface area (TPSA) is 66.5 Å². The molecule has 164 valence electrons. The summed E-state index contributed by atoms with van der Waals surface area (Å²) in [5.41, 5.74) is 4.01. The van der Waals surface area contributed by atoms with Crippen LogP contribution in [0.1, 0.15) is 58.0 Å². The Morgan fingerprint density at radius 2 is 1.65 bits per heavy atom. The van der Waals surface area contributed by atoms with Crippen LogP contribution in [0.4, 0.5) is 5.69 Å². The number of nitrogens with one attached hydrogen (secondary N) is 1. The number of aryl methyl sites for hydroxylation is 2. The number of hydrogen-bond donors (Lipinski definition) is 1. The number of hydrogen-bond acceptors (Lipinski definition) is 4. The molecule has 0 saturated carbocycles. The quantitative estimate of drug-likeness (QED) is 0.605. The molecule has 1 N–H and O–H groups in total. The molecule has 6 heteroatoms. The molecule has 2 aromatic carbocycles. The molecule has 0 unspecified atom stereocenters. The number of carbonyl (C=O) groups excluding carboxylic acids is 3. The highest BCUT2D eigenvalue weighted by Gasteiger charge is 2.19. The van der Waals surface area contributed by atoms with E-state index >= 15 is 0 Å². The van der Waals surface area contributed by atoms with Crippen molar-refractivity contribution >= 4 is 35.0 Å². The van der Waals surface area contributed by atoms with E-state index < -0.39 is 0 Å². The Balaban J connectivity index is 1.52. The van der Waals surface area contributed by atoms with E-state index in [1.807, 2.05) is 53.9 Å². The van der Waals surface area contributed by atoms with E-state index in [1.54, 1.807) is 12.1 Å². The minimum Gasteiger partial charge on any atom is -0.337 e. The van der Waals surface area contributed by atoms with Crippen LogP contribution >= 0.6 is 11.8 Å². The van der Waals surface area contributed by atoms with Crippen LogP contribution in [-0.4, -0.2) is 47.1 Å². The maximum absolute atomic E-state index is 12.6. The first-order chi connectivity index (χ1) is 15.0. The van der Waals surface area contributed by atoms with Gasteiger partial charge in [-0.15, -0.1) is 0 Å². The maximum atomic E-state index is 12.6. The number of amides is 2. The van der Waals surface area contributed by atoms with Crippen LogP contribution in [0.3, 0.4) is 0 Å². The zero-order valence-electron chi connectivity index (χ0n) is 18.3. The summed E-state index contributed by atoms with van der Waals surface area (Å²) in [6.07, 6.45) is 2.36. The zero-order valence-corrected chi connectivity index (χ0v) is 19.1. The molecule has 2 amide bonds. The fourth-order valence-electron chi connectivity index (χ4n) is 3.62. The smallest absolute Gasteiger partial charge is 0.253 e. The van der Waals surface area contributed by atoms with Crippen molar-refractivity contribution in [2.24, 2.45) is 0 Å². The second-order valence-electron chi connectivity index (χ2n) is 7.85. The molecule has 0 atom stereocenters. The first-order valence-electron chi connectivity index (χ1n) is 10.9. The van der Waals surface area contributed by atoms with Crippen LogP contribution in [0.15, 0.2) is 42.5 Å². The van der Waals surface area contributed by atoms with Crippen LogP contribution in [-0.2, 0) is 11.2 Å². The molecular formula is C25H30N2O3S. The Labute approximate surface area is 188 Å². The Hall–Kier alpha value is -2.60. The highest BCUT2D eigenvalue weighted by atomic mass is 32.2. The molecule has 1 saturated heterocycles. The van der Waals surface area contributed by atoms with Gasteiger partial charge in [-0.2, -0.15) is 11.8 Å². The number of rotatable bonds is 8. The number of ketones is 1. The largest absolute Gasteiger partial charge is 0.337 e. The Morgan fingerprint density at radius 1 is 0.968 bits per heavy atom. The van der Waals surface area contributed by atoms with Crippen molar-refractivity contribution in [3.63, 3.8) is 0 Å². The third-order valence-electron chi connectivity index (χ3n) is 5.44. The lowest BCUT2D eigenvalue weighted by Gasteiger charge is -2.26. The minimum absolute atomic E-state index is 0.0319. The van der Waals surface area contributed by atoms with Crippen LogP contribution in [0.2, 0.25) is 0 Å². The van der Waals surface area contributed by atoms with E-state index in [1.165, 1.54) is 5.56 Å². The molecule has 0 aliphatic carbocycles. The summed E-state index contributed by atoms with van der Waals surface area (Å²) in [7, 11) is 0. The van der Waals surface area contributed by atoms with Gasteiger partial charge >= 0.3 is 0 Å². The summed E-state index contributed by atoms with van der Waals surface area (Å²) in [6.45, 7) is 5.55. The molecule has 1 aliphatic heterocycles. The molecular weight excluding hydrogens is 408 g/mol. The van der Waals surface area contributed by atoms with E-state index in [-0.39, 0.29) is 30.4 Å². The number of anilines is 1. The normalized spacial score (nSPS) is 13.7. The second kappa shape index (κ2) is 11.1. The number of benzene rings is 2. The van der Waals surface area contributed by atoms with Crippen molar-refractivity contribution < 1.29 is 14.4 Å². The fraction of sp³-hybridized carbons (Fsp3) is 0.400. The Kier molecular flexibility index (Phi) is 8.29. The summed E-state index contributed by atoms with van der Waals surface area (Å²) < 4.78 is 0. The Bertz CT molecular complexity index is 934. The zero-order chi connectivity index (χ0) is 22.2. The molecule has 1 aliphatic rings. The average Bonchev–Trinajstić information content (AvgIpc) is 2.79. The molecule has 5 nitrogen and oxygen atoms in total. The monoisotopic (exact) mass is 438 g/mol. The van der Waals surface area contributed by atoms with Crippen LogP contribution in [0.5, 0.6) is 0 Å². The van der Waals surface area contributed by atoms with Crippen molar-refractivity contribution in [3.8, 4) is 0 Å². The first-order valence-corrected chi connectivity index (χ1v) is 12.0.